The minimum absolute atomic E-state index is 0.163. The smallest absolute Gasteiger partial charge is 0.226 e. The SMILES string of the molecule is Cc1ccc(-c2cncnc2[C@@H]2CCCN(C(=O)[C@H]3CC=CCC3)C2)cc1. The van der Waals surface area contributed by atoms with Gasteiger partial charge >= 0.3 is 0 Å². The second kappa shape index (κ2) is 8.03. The fourth-order valence-corrected chi connectivity index (χ4v) is 4.30. The van der Waals surface area contributed by atoms with Crippen molar-refractivity contribution in [2.75, 3.05) is 13.1 Å². The number of benzene rings is 1. The number of piperidine rings is 1. The third-order valence-corrected chi connectivity index (χ3v) is 5.84. The van der Waals surface area contributed by atoms with Crippen LogP contribution in [0, 0.1) is 12.8 Å². The van der Waals surface area contributed by atoms with Crippen LogP contribution in [-0.4, -0.2) is 33.9 Å². The van der Waals surface area contributed by atoms with E-state index >= 15 is 0 Å². The van der Waals surface area contributed by atoms with Crippen LogP contribution in [0.2, 0.25) is 0 Å². The van der Waals surface area contributed by atoms with Crippen LogP contribution < -0.4 is 0 Å². The van der Waals surface area contributed by atoms with Gasteiger partial charge < -0.3 is 4.90 Å². The van der Waals surface area contributed by atoms with Crippen molar-refractivity contribution in [1.82, 2.24) is 14.9 Å². The summed E-state index contributed by atoms with van der Waals surface area (Å²) >= 11 is 0. The van der Waals surface area contributed by atoms with E-state index in [0.29, 0.717) is 5.91 Å². The molecule has 1 fully saturated rings. The van der Waals surface area contributed by atoms with E-state index in [1.807, 2.05) is 6.20 Å². The van der Waals surface area contributed by atoms with Gasteiger partial charge in [-0.3, -0.25) is 4.79 Å². The minimum atomic E-state index is 0.163. The lowest BCUT2D eigenvalue weighted by atomic mass is 9.88. The minimum Gasteiger partial charge on any atom is -0.342 e. The van der Waals surface area contributed by atoms with Gasteiger partial charge in [-0.2, -0.15) is 0 Å². The highest BCUT2D eigenvalue weighted by molar-refractivity contribution is 5.79. The standard InChI is InChI=1S/C23H27N3O/c1-17-9-11-18(12-10-17)21-14-24-16-25-22(21)20-8-5-13-26(15-20)23(27)19-6-3-2-4-7-19/h2-3,9-12,14,16,19-20H,4-8,13,15H2,1H3/t19-,20+/m0/s1. The van der Waals surface area contributed by atoms with E-state index in [1.54, 1.807) is 6.33 Å². The molecule has 1 aliphatic heterocycles. The van der Waals surface area contributed by atoms with Crippen molar-refractivity contribution in [3.63, 3.8) is 0 Å². The molecule has 1 aromatic heterocycles. The van der Waals surface area contributed by atoms with E-state index < -0.39 is 0 Å². The molecular weight excluding hydrogens is 334 g/mol. The van der Waals surface area contributed by atoms with Crippen molar-refractivity contribution in [3.05, 3.63) is 60.2 Å². The topological polar surface area (TPSA) is 46.1 Å². The molecule has 4 heteroatoms. The van der Waals surface area contributed by atoms with Crippen LogP contribution in [0.3, 0.4) is 0 Å². The Morgan fingerprint density at radius 1 is 1.15 bits per heavy atom. The largest absolute Gasteiger partial charge is 0.342 e. The van der Waals surface area contributed by atoms with Crippen LogP contribution in [0.4, 0.5) is 0 Å². The first kappa shape index (κ1) is 17.9. The Hall–Kier alpha value is -2.49. The third-order valence-electron chi connectivity index (χ3n) is 5.84. The third kappa shape index (κ3) is 3.95. The van der Waals surface area contributed by atoms with Crippen molar-refractivity contribution in [2.24, 2.45) is 5.92 Å². The maximum Gasteiger partial charge on any atom is 0.226 e. The zero-order valence-electron chi connectivity index (χ0n) is 16.0. The summed E-state index contributed by atoms with van der Waals surface area (Å²) in [7, 11) is 0. The number of carbonyl (C=O) groups excluding carboxylic acids is 1. The average Bonchev–Trinajstić information content (AvgIpc) is 2.74. The Morgan fingerprint density at radius 3 is 2.78 bits per heavy atom. The molecule has 2 aliphatic rings. The highest BCUT2D eigenvalue weighted by Gasteiger charge is 2.31. The van der Waals surface area contributed by atoms with Crippen LogP contribution in [0.5, 0.6) is 0 Å². The first-order chi connectivity index (χ1) is 13.2. The molecule has 4 rings (SSSR count). The van der Waals surface area contributed by atoms with E-state index in [0.717, 1.165) is 62.0 Å². The molecule has 2 atom stereocenters. The van der Waals surface area contributed by atoms with E-state index in [2.05, 4.69) is 58.2 Å². The molecule has 1 amide bonds. The molecule has 2 aromatic rings. The Balaban J connectivity index is 1.56. The fourth-order valence-electron chi connectivity index (χ4n) is 4.30. The van der Waals surface area contributed by atoms with E-state index in [-0.39, 0.29) is 11.8 Å². The Labute approximate surface area is 161 Å². The maximum atomic E-state index is 13.0. The number of nitrogens with zero attached hydrogens (tertiary/aromatic N) is 3. The lowest BCUT2D eigenvalue weighted by Crippen LogP contribution is -2.42. The normalized spacial score (nSPS) is 22.6. The van der Waals surface area contributed by atoms with Gasteiger partial charge in [-0.15, -0.1) is 0 Å². The van der Waals surface area contributed by atoms with Crippen molar-refractivity contribution in [3.8, 4) is 11.1 Å². The van der Waals surface area contributed by atoms with E-state index in [9.17, 15) is 4.79 Å². The lowest BCUT2D eigenvalue weighted by Gasteiger charge is -2.35. The number of aryl methyl sites for hydroxylation is 1. The molecule has 0 N–H and O–H groups in total. The zero-order valence-corrected chi connectivity index (χ0v) is 16.0. The van der Waals surface area contributed by atoms with Gasteiger partial charge in [0.1, 0.15) is 6.33 Å². The van der Waals surface area contributed by atoms with Crippen LogP contribution in [-0.2, 0) is 4.79 Å². The first-order valence-corrected chi connectivity index (χ1v) is 10.0. The highest BCUT2D eigenvalue weighted by atomic mass is 16.2. The molecule has 1 aromatic carbocycles. The second-order valence-electron chi connectivity index (χ2n) is 7.79. The Bertz CT molecular complexity index is 828. The van der Waals surface area contributed by atoms with Gasteiger partial charge in [-0.1, -0.05) is 42.0 Å². The highest BCUT2D eigenvalue weighted by Crippen LogP contribution is 2.33. The fraction of sp³-hybridized carbons (Fsp3) is 0.435. The van der Waals surface area contributed by atoms with Gasteiger partial charge in [-0.25, -0.2) is 9.97 Å². The van der Waals surface area contributed by atoms with Crippen molar-refractivity contribution in [1.29, 1.82) is 0 Å². The molecular formula is C23H27N3O. The summed E-state index contributed by atoms with van der Waals surface area (Å²) in [6.45, 7) is 3.74. The Kier molecular flexibility index (Phi) is 5.33. The van der Waals surface area contributed by atoms with Gasteiger partial charge in [0.2, 0.25) is 5.91 Å². The molecule has 2 heterocycles. The van der Waals surface area contributed by atoms with Crippen LogP contribution in [0.25, 0.3) is 11.1 Å². The van der Waals surface area contributed by atoms with Crippen molar-refractivity contribution in [2.45, 2.75) is 44.9 Å². The molecule has 0 spiro atoms. The predicted molar refractivity (Wildman–Crippen MR) is 107 cm³/mol. The van der Waals surface area contributed by atoms with Crippen LogP contribution in [0.1, 0.15) is 49.3 Å². The number of amides is 1. The molecule has 0 bridgehead atoms. The van der Waals surface area contributed by atoms with Crippen molar-refractivity contribution < 1.29 is 4.79 Å². The van der Waals surface area contributed by atoms with E-state index in [1.165, 1.54) is 5.56 Å². The quantitative estimate of drug-likeness (QED) is 0.756. The van der Waals surface area contributed by atoms with Crippen LogP contribution in [0.15, 0.2) is 48.9 Å². The predicted octanol–water partition coefficient (Wildman–Crippen LogP) is 4.51. The zero-order chi connectivity index (χ0) is 18.6. The lowest BCUT2D eigenvalue weighted by molar-refractivity contribution is -0.137. The van der Waals surface area contributed by atoms with Gasteiger partial charge in [0, 0.05) is 36.7 Å². The maximum absolute atomic E-state index is 13.0. The monoisotopic (exact) mass is 361 g/mol. The second-order valence-corrected chi connectivity index (χ2v) is 7.79. The molecule has 4 nitrogen and oxygen atoms in total. The molecule has 27 heavy (non-hydrogen) atoms. The van der Waals surface area contributed by atoms with Gasteiger partial charge in [0.05, 0.1) is 5.69 Å². The van der Waals surface area contributed by atoms with E-state index in [4.69, 9.17) is 0 Å². The average molecular weight is 361 g/mol. The number of carbonyl (C=O) groups is 1. The summed E-state index contributed by atoms with van der Waals surface area (Å²) in [5.41, 5.74) is 4.57. The van der Waals surface area contributed by atoms with Gasteiger partial charge in [0.25, 0.3) is 0 Å². The summed E-state index contributed by atoms with van der Waals surface area (Å²) in [6, 6.07) is 8.52. The molecule has 0 unspecified atom stereocenters. The number of hydrogen-bond donors (Lipinski definition) is 0. The number of hydrogen-bond acceptors (Lipinski definition) is 3. The molecule has 0 radical (unpaired) electrons. The summed E-state index contributed by atoms with van der Waals surface area (Å²) < 4.78 is 0. The van der Waals surface area contributed by atoms with Crippen LogP contribution >= 0.6 is 0 Å². The molecule has 1 saturated heterocycles. The Morgan fingerprint density at radius 2 is 2.00 bits per heavy atom. The van der Waals surface area contributed by atoms with Crippen molar-refractivity contribution >= 4 is 5.91 Å². The summed E-state index contributed by atoms with van der Waals surface area (Å²) in [5, 5.41) is 0. The first-order valence-electron chi connectivity index (χ1n) is 10.0. The van der Waals surface area contributed by atoms with Gasteiger partial charge in [-0.05, 0) is 44.6 Å². The summed E-state index contributed by atoms with van der Waals surface area (Å²) in [5.74, 6) is 0.770. The summed E-state index contributed by atoms with van der Waals surface area (Å²) in [4.78, 5) is 24.0. The molecule has 0 saturated carbocycles. The number of aromatic nitrogens is 2. The molecule has 1 aliphatic carbocycles. The molecule has 140 valence electrons. The number of likely N-dealkylation sites (tertiary alicyclic amines) is 1. The number of allylic oxidation sites excluding steroid dienone is 2. The van der Waals surface area contributed by atoms with Gasteiger partial charge in [0.15, 0.2) is 0 Å². The summed E-state index contributed by atoms with van der Waals surface area (Å²) in [6.07, 6.45) is 12.9. The number of rotatable bonds is 3.